The molecule has 0 aliphatic rings. The normalized spacial score (nSPS) is 11.1. The number of hydrogen-bond acceptors (Lipinski definition) is 5. The zero-order valence-corrected chi connectivity index (χ0v) is 13.1. The monoisotopic (exact) mass is 339 g/mol. The van der Waals surface area contributed by atoms with Crippen LogP contribution in [0.3, 0.4) is 0 Å². The molecule has 0 saturated heterocycles. The van der Waals surface area contributed by atoms with Crippen LogP contribution in [-0.4, -0.2) is 31.4 Å². The van der Waals surface area contributed by atoms with Crippen LogP contribution >= 0.6 is 34.7 Å². The van der Waals surface area contributed by atoms with Crippen molar-refractivity contribution in [2.24, 2.45) is 0 Å². The zero-order valence-electron chi connectivity index (χ0n) is 10.7. The first-order chi connectivity index (χ1) is 10.1. The second kappa shape index (κ2) is 6.05. The van der Waals surface area contributed by atoms with Gasteiger partial charge in [-0.2, -0.15) is 0 Å². The summed E-state index contributed by atoms with van der Waals surface area (Å²) in [5.41, 5.74) is 1.68. The molecule has 0 atom stereocenters. The maximum Gasteiger partial charge on any atom is 0.313 e. The molecule has 1 N–H and O–H groups in total. The molecule has 2 aromatic heterocycles. The lowest BCUT2D eigenvalue weighted by molar-refractivity contribution is -0.133. The molecule has 8 heteroatoms. The molecular weight excluding hydrogens is 330 g/mol. The summed E-state index contributed by atoms with van der Waals surface area (Å²) in [7, 11) is 0. The fourth-order valence-corrected chi connectivity index (χ4v) is 3.43. The third kappa shape index (κ3) is 3.20. The molecule has 0 saturated carbocycles. The average molecular weight is 340 g/mol. The first-order valence-electron chi connectivity index (χ1n) is 6.02. The first-order valence-corrected chi connectivity index (χ1v) is 8.26. The van der Waals surface area contributed by atoms with E-state index in [2.05, 4.69) is 9.97 Å². The van der Waals surface area contributed by atoms with Gasteiger partial charge in [-0.15, -0.1) is 11.3 Å². The minimum Gasteiger partial charge on any atom is -0.481 e. The predicted molar refractivity (Wildman–Crippen MR) is 84.3 cm³/mol. The number of thiazole rings is 1. The number of rotatable bonds is 5. The number of carboxylic acids is 1. The smallest absolute Gasteiger partial charge is 0.313 e. The van der Waals surface area contributed by atoms with Crippen LogP contribution < -0.4 is 0 Å². The summed E-state index contributed by atoms with van der Waals surface area (Å²) in [5, 5.41) is 13.0. The fourth-order valence-electron chi connectivity index (χ4n) is 1.93. The molecule has 0 amide bonds. The van der Waals surface area contributed by atoms with E-state index < -0.39 is 5.97 Å². The number of halogens is 1. The Labute approximate surface area is 133 Å². The molecule has 0 spiro atoms. The quantitative estimate of drug-likeness (QED) is 0.722. The lowest BCUT2D eigenvalue weighted by atomic mass is 10.3. The number of nitrogens with zero attached hydrogens (tertiary/aromatic N) is 3. The molecule has 0 bridgehead atoms. The van der Waals surface area contributed by atoms with Crippen molar-refractivity contribution in [2.75, 3.05) is 5.75 Å². The van der Waals surface area contributed by atoms with Gasteiger partial charge in [-0.05, 0) is 18.2 Å². The standard InChI is InChI=1S/C13H10ClN3O2S2/c14-8-1-2-9-10(5-8)17(6-11-15-3-4-20-11)13(16-9)21-7-12(18)19/h1-5H,6-7H2,(H,18,19). The van der Waals surface area contributed by atoms with Gasteiger partial charge in [0.25, 0.3) is 0 Å². The van der Waals surface area contributed by atoms with Crippen LogP contribution in [0.15, 0.2) is 34.9 Å². The minimum absolute atomic E-state index is 0.0328. The topological polar surface area (TPSA) is 68.0 Å². The van der Waals surface area contributed by atoms with Crippen LogP contribution in [0, 0.1) is 0 Å². The molecule has 0 radical (unpaired) electrons. The largest absolute Gasteiger partial charge is 0.481 e. The average Bonchev–Trinajstić information content (AvgIpc) is 3.06. The maximum atomic E-state index is 10.8. The van der Waals surface area contributed by atoms with Crippen molar-refractivity contribution in [2.45, 2.75) is 11.7 Å². The first kappa shape index (κ1) is 14.4. The Kier molecular flexibility index (Phi) is 4.14. The molecule has 21 heavy (non-hydrogen) atoms. The maximum absolute atomic E-state index is 10.8. The Morgan fingerprint density at radius 3 is 3.05 bits per heavy atom. The van der Waals surface area contributed by atoms with Crippen LogP contribution in [0.2, 0.25) is 5.02 Å². The van der Waals surface area contributed by atoms with E-state index in [-0.39, 0.29) is 5.75 Å². The van der Waals surface area contributed by atoms with E-state index in [1.165, 1.54) is 11.8 Å². The highest BCUT2D eigenvalue weighted by Crippen LogP contribution is 2.27. The van der Waals surface area contributed by atoms with Crippen molar-refractivity contribution in [3.05, 3.63) is 39.8 Å². The van der Waals surface area contributed by atoms with Gasteiger partial charge in [-0.25, -0.2) is 9.97 Å². The third-order valence-electron chi connectivity index (χ3n) is 2.78. The van der Waals surface area contributed by atoms with Gasteiger partial charge in [0.1, 0.15) is 5.01 Å². The van der Waals surface area contributed by atoms with E-state index in [1.54, 1.807) is 23.6 Å². The Balaban J connectivity index is 2.04. The summed E-state index contributed by atoms with van der Waals surface area (Å²) < 4.78 is 1.95. The summed E-state index contributed by atoms with van der Waals surface area (Å²) in [6.07, 6.45) is 1.75. The lowest BCUT2D eigenvalue weighted by Crippen LogP contribution is -2.04. The van der Waals surface area contributed by atoms with Crippen molar-refractivity contribution in [3.8, 4) is 0 Å². The van der Waals surface area contributed by atoms with Gasteiger partial charge in [0.05, 0.1) is 23.3 Å². The van der Waals surface area contributed by atoms with Gasteiger partial charge in [0.2, 0.25) is 0 Å². The van der Waals surface area contributed by atoms with Crippen molar-refractivity contribution in [1.29, 1.82) is 0 Å². The van der Waals surface area contributed by atoms with E-state index in [0.29, 0.717) is 16.7 Å². The number of hydrogen-bond donors (Lipinski definition) is 1. The molecule has 5 nitrogen and oxygen atoms in total. The number of aliphatic carboxylic acids is 1. The molecule has 3 aromatic rings. The number of imidazole rings is 1. The van der Waals surface area contributed by atoms with E-state index in [1.807, 2.05) is 22.1 Å². The summed E-state index contributed by atoms with van der Waals surface area (Å²) >= 11 is 8.80. The lowest BCUT2D eigenvalue weighted by Gasteiger charge is -2.06. The zero-order chi connectivity index (χ0) is 14.8. The molecule has 2 heterocycles. The van der Waals surface area contributed by atoms with E-state index in [9.17, 15) is 4.79 Å². The number of benzene rings is 1. The predicted octanol–water partition coefficient (Wildman–Crippen LogP) is 3.37. The summed E-state index contributed by atoms with van der Waals surface area (Å²) in [5.74, 6) is -0.902. The Hall–Kier alpha value is -1.57. The van der Waals surface area contributed by atoms with Crippen molar-refractivity contribution < 1.29 is 9.90 Å². The Bertz CT molecular complexity index is 786. The minimum atomic E-state index is -0.870. The highest BCUT2D eigenvalue weighted by molar-refractivity contribution is 7.99. The SMILES string of the molecule is O=C(O)CSc1nc2ccc(Cl)cc2n1Cc1nccs1. The molecule has 1 aromatic carbocycles. The van der Waals surface area contributed by atoms with E-state index >= 15 is 0 Å². The second-order valence-electron chi connectivity index (χ2n) is 4.22. The van der Waals surface area contributed by atoms with E-state index in [4.69, 9.17) is 16.7 Å². The Morgan fingerprint density at radius 1 is 1.48 bits per heavy atom. The van der Waals surface area contributed by atoms with Gasteiger partial charge < -0.3 is 9.67 Å². The molecule has 0 unspecified atom stereocenters. The number of carbonyl (C=O) groups is 1. The highest BCUT2D eigenvalue weighted by Gasteiger charge is 2.14. The number of aromatic nitrogens is 3. The van der Waals surface area contributed by atoms with Crippen molar-refractivity contribution >= 4 is 51.7 Å². The Morgan fingerprint density at radius 2 is 2.33 bits per heavy atom. The van der Waals surface area contributed by atoms with Gasteiger partial charge in [-0.3, -0.25) is 4.79 Å². The molecule has 0 aliphatic heterocycles. The third-order valence-corrected chi connectivity index (χ3v) is 4.74. The summed E-state index contributed by atoms with van der Waals surface area (Å²) in [4.78, 5) is 19.5. The van der Waals surface area contributed by atoms with Crippen LogP contribution in [-0.2, 0) is 11.3 Å². The van der Waals surface area contributed by atoms with Crippen LogP contribution in [0.4, 0.5) is 0 Å². The van der Waals surface area contributed by atoms with Gasteiger partial charge >= 0.3 is 5.97 Å². The molecule has 108 valence electrons. The number of fused-ring (bicyclic) bond motifs is 1. The van der Waals surface area contributed by atoms with Crippen LogP contribution in [0.1, 0.15) is 5.01 Å². The number of thioether (sulfide) groups is 1. The van der Waals surface area contributed by atoms with Crippen molar-refractivity contribution in [3.63, 3.8) is 0 Å². The summed E-state index contributed by atoms with van der Waals surface area (Å²) in [6.45, 7) is 0.552. The second-order valence-corrected chi connectivity index (χ2v) is 6.58. The fraction of sp³-hybridized carbons (Fsp3) is 0.154. The summed E-state index contributed by atoms with van der Waals surface area (Å²) in [6, 6.07) is 5.44. The molecule has 3 rings (SSSR count). The molecule has 0 aliphatic carbocycles. The molecular formula is C13H10ClN3O2S2. The van der Waals surface area contributed by atoms with Gasteiger partial charge in [0, 0.05) is 16.6 Å². The number of carboxylic acid groups (broad SMARTS) is 1. The van der Waals surface area contributed by atoms with Gasteiger partial charge in [-0.1, -0.05) is 23.4 Å². The van der Waals surface area contributed by atoms with E-state index in [0.717, 1.165) is 16.0 Å². The van der Waals surface area contributed by atoms with Gasteiger partial charge in [0.15, 0.2) is 5.16 Å². The van der Waals surface area contributed by atoms with Crippen LogP contribution in [0.25, 0.3) is 11.0 Å². The van der Waals surface area contributed by atoms with Crippen LogP contribution in [0.5, 0.6) is 0 Å². The van der Waals surface area contributed by atoms with Crippen molar-refractivity contribution in [1.82, 2.24) is 14.5 Å². The highest BCUT2D eigenvalue weighted by atomic mass is 35.5. The molecule has 0 fully saturated rings.